The van der Waals surface area contributed by atoms with E-state index in [4.69, 9.17) is 0 Å². The minimum atomic E-state index is 0.0493. The zero-order chi connectivity index (χ0) is 41.4. The molecule has 0 heterocycles. The van der Waals surface area contributed by atoms with Crippen molar-refractivity contribution in [3.8, 4) is 0 Å². The van der Waals surface area contributed by atoms with Crippen molar-refractivity contribution >= 4 is 37.8 Å². The van der Waals surface area contributed by atoms with Gasteiger partial charge in [0.25, 0.3) is 0 Å². The summed E-state index contributed by atoms with van der Waals surface area (Å²) in [5, 5.41) is 0. The van der Waals surface area contributed by atoms with E-state index >= 15 is 0 Å². The zero-order valence-electron chi connectivity index (χ0n) is 38.5. The van der Waals surface area contributed by atoms with Gasteiger partial charge in [0.05, 0.1) is 0 Å². The third-order valence-electron chi connectivity index (χ3n) is 19.8. The maximum absolute atomic E-state index is 13.1. The summed E-state index contributed by atoms with van der Waals surface area (Å²) in [6.45, 7) is 25.4. The Bertz CT molecular complexity index is 1560. The number of carbonyl (C=O) groups excluding carboxylic acids is 2. The third kappa shape index (κ3) is 7.63. The molecule has 0 radical (unpaired) electrons. The molecule has 16 unspecified atom stereocenters. The molecule has 8 aliphatic rings. The summed E-state index contributed by atoms with van der Waals surface area (Å²) in [4.78, 5) is 27.6. The van der Waals surface area contributed by atoms with E-state index in [2.05, 4.69) is 93.5 Å². The number of hydrogen-bond acceptors (Lipinski definition) is 2. The molecule has 6 fully saturated rings. The van der Waals surface area contributed by atoms with Crippen LogP contribution in [0.15, 0.2) is 47.6 Å². The molecule has 8 aliphatic carbocycles. The van der Waals surface area contributed by atoms with E-state index in [1.165, 1.54) is 101 Å². The fourth-order valence-corrected chi connectivity index (χ4v) is 27.8. The van der Waals surface area contributed by atoms with E-state index in [0.29, 0.717) is 48.9 Å². The van der Waals surface area contributed by atoms with Crippen LogP contribution in [-0.2, 0) is 9.59 Å². The summed E-state index contributed by atoms with van der Waals surface area (Å²) < 4.78 is 0. The third-order valence-corrected chi connectivity index (χ3v) is 29.7. The number of rotatable bonds is 13. The molecular weight excluding hydrogens is 839 g/mol. The van der Waals surface area contributed by atoms with E-state index in [0.717, 1.165) is 81.7 Å². The molecular formula is C54H82O2Se2. The van der Waals surface area contributed by atoms with Crippen molar-refractivity contribution in [3.05, 3.63) is 47.6 Å². The molecule has 0 saturated heterocycles. The Morgan fingerprint density at radius 2 is 0.948 bits per heavy atom. The van der Waals surface area contributed by atoms with Crippen LogP contribution >= 0.6 is 0 Å². The molecule has 16 atom stereocenters. The van der Waals surface area contributed by atoms with Crippen LogP contribution in [0.1, 0.15) is 172 Å². The van der Waals surface area contributed by atoms with Gasteiger partial charge < -0.3 is 0 Å². The quantitative estimate of drug-likeness (QED) is 0.173. The number of carbonyl (C=O) groups is 2. The first-order valence-electron chi connectivity index (χ1n) is 24.7. The van der Waals surface area contributed by atoms with Gasteiger partial charge in [-0.05, 0) is 0 Å². The summed E-state index contributed by atoms with van der Waals surface area (Å²) in [6, 6.07) is 0. The number of ketones is 2. The topological polar surface area (TPSA) is 34.1 Å². The number of hydrogen-bond donors (Lipinski definition) is 0. The Labute approximate surface area is 367 Å². The molecule has 6 saturated carbocycles. The monoisotopic (exact) mass is 922 g/mol. The van der Waals surface area contributed by atoms with Gasteiger partial charge >= 0.3 is 369 Å². The van der Waals surface area contributed by atoms with Crippen LogP contribution in [0.5, 0.6) is 0 Å². The van der Waals surface area contributed by atoms with Gasteiger partial charge in [-0.3, -0.25) is 0 Å². The first-order valence-corrected chi connectivity index (χ1v) is 31.0. The van der Waals surface area contributed by atoms with Crippen molar-refractivity contribution < 1.29 is 9.59 Å². The molecule has 0 aliphatic heterocycles. The fourth-order valence-electron chi connectivity index (χ4n) is 16.7. The van der Waals surface area contributed by atoms with Gasteiger partial charge in [-0.15, -0.1) is 0 Å². The molecule has 0 aromatic carbocycles. The number of allylic oxidation sites excluding steroid dienone is 8. The number of fused-ring (bicyclic) bond motifs is 10. The first-order chi connectivity index (χ1) is 27.5. The summed E-state index contributed by atoms with van der Waals surface area (Å²) in [7, 11) is 0. The first kappa shape index (κ1) is 44.0. The molecule has 58 heavy (non-hydrogen) atoms. The van der Waals surface area contributed by atoms with Crippen LogP contribution in [0.4, 0.5) is 0 Å². The summed E-state index contributed by atoms with van der Waals surface area (Å²) in [5.74, 6) is 10.0. The standard InChI is InChI=1S/C54H82O2Se2/c1-33(2)13-11-15-35(5)41-17-19-43-49-45(23-27-53(41,43)9)51(7)25-21-39(55)29-37(51)31-47(49)57-58-48-32-38-30-40(56)22-26-52(38,8)46-24-28-54(10)42(18-20-44(54)50(46)48)36(6)16-12-14-34(3)4/h21-22,25-26,29-30,33-36,41-50H,11-20,23-24,27-28,31-32H2,1-10H3. The van der Waals surface area contributed by atoms with Gasteiger partial charge in [-0.1, -0.05) is 0 Å². The Kier molecular flexibility index (Phi) is 12.7. The normalized spacial score (nSPS) is 45.2. The molecule has 8 rings (SSSR count). The van der Waals surface area contributed by atoms with Gasteiger partial charge in [0.15, 0.2) is 0 Å². The van der Waals surface area contributed by atoms with E-state index in [9.17, 15) is 9.59 Å². The average molecular weight is 921 g/mol. The van der Waals surface area contributed by atoms with Gasteiger partial charge in [-0.2, -0.15) is 0 Å². The minimum absolute atomic E-state index is 0.0493. The van der Waals surface area contributed by atoms with Gasteiger partial charge in [-0.25, -0.2) is 0 Å². The molecule has 0 spiro atoms. The van der Waals surface area contributed by atoms with Crippen molar-refractivity contribution in [1.82, 2.24) is 0 Å². The van der Waals surface area contributed by atoms with Crippen LogP contribution in [0.25, 0.3) is 0 Å². The zero-order valence-corrected chi connectivity index (χ0v) is 41.9. The fraction of sp³-hybridized carbons (Fsp3) is 0.815. The van der Waals surface area contributed by atoms with Crippen molar-refractivity contribution in [1.29, 1.82) is 0 Å². The Morgan fingerprint density at radius 3 is 1.33 bits per heavy atom. The molecule has 0 aromatic heterocycles. The Hall–Kier alpha value is -0.661. The summed E-state index contributed by atoms with van der Waals surface area (Å²) in [6.07, 6.45) is 34.7. The molecule has 0 N–H and O–H groups in total. The second-order valence-corrected chi connectivity index (χ2v) is 31.2. The van der Waals surface area contributed by atoms with Crippen LogP contribution in [0, 0.1) is 92.7 Å². The molecule has 0 bridgehead atoms. The molecule has 0 aromatic rings. The second kappa shape index (κ2) is 16.8. The Morgan fingerprint density at radius 1 is 0.552 bits per heavy atom. The second-order valence-electron chi connectivity index (χ2n) is 23.7. The summed E-state index contributed by atoms with van der Waals surface area (Å²) in [5.41, 5.74) is 3.98. The van der Waals surface area contributed by atoms with E-state index in [1.54, 1.807) is 0 Å². The predicted octanol–water partition coefficient (Wildman–Crippen LogP) is 13.9. The van der Waals surface area contributed by atoms with Crippen molar-refractivity contribution in [2.75, 3.05) is 0 Å². The van der Waals surface area contributed by atoms with Gasteiger partial charge in [0.1, 0.15) is 0 Å². The van der Waals surface area contributed by atoms with Crippen molar-refractivity contribution in [2.45, 2.75) is 182 Å². The molecule has 2 nitrogen and oxygen atoms in total. The van der Waals surface area contributed by atoms with Crippen LogP contribution in [0.2, 0.25) is 9.63 Å². The van der Waals surface area contributed by atoms with Crippen molar-refractivity contribution in [2.24, 2.45) is 92.7 Å². The van der Waals surface area contributed by atoms with Crippen LogP contribution in [0.3, 0.4) is 0 Å². The van der Waals surface area contributed by atoms with E-state index < -0.39 is 0 Å². The van der Waals surface area contributed by atoms with Gasteiger partial charge in [0.2, 0.25) is 0 Å². The molecule has 4 heteroatoms. The van der Waals surface area contributed by atoms with Crippen molar-refractivity contribution in [3.63, 3.8) is 0 Å². The van der Waals surface area contributed by atoms with Crippen LogP contribution in [-0.4, -0.2) is 37.8 Å². The SMILES string of the molecule is CC(C)CCCC(C)C1CCC2C3C([Se][Se]C4CC5=CC(=O)C=CC5(C)C5CCC6(C)C(C(C)CCCC(C)C)CCC6C45)CC4=CC(=O)C=CC4(C)C3CCC12C. The Balaban J connectivity index is 1.08. The van der Waals surface area contributed by atoms with Crippen LogP contribution < -0.4 is 0 Å². The molecule has 322 valence electrons. The maximum atomic E-state index is 13.1. The van der Waals surface area contributed by atoms with E-state index in [1.807, 2.05) is 12.2 Å². The molecule has 0 amide bonds. The average Bonchev–Trinajstić information content (AvgIpc) is 3.71. The predicted molar refractivity (Wildman–Crippen MR) is 246 cm³/mol. The van der Waals surface area contributed by atoms with E-state index in [-0.39, 0.29) is 22.4 Å². The van der Waals surface area contributed by atoms with Gasteiger partial charge in [0, 0.05) is 0 Å². The summed E-state index contributed by atoms with van der Waals surface area (Å²) >= 11 is 1.13.